The summed E-state index contributed by atoms with van der Waals surface area (Å²) < 4.78 is 23.0. The third kappa shape index (κ3) is 5.20. The van der Waals surface area contributed by atoms with Crippen LogP contribution in [-0.2, 0) is 25.7 Å². The van der Waals surface area contributed by atoms with Crippen molar-refractivity contribution in [2.75, 3.05) is 6.61 Å². The molecule has 196 valence electrons. The van der Waals surface area contributed by atoms with Crippen molar-refractivity contribution in [1.82, 2.24) is 4.98 Å². The van der Waals surface area contributed by atoms with Crippen molar-refractivity contribution in [2.24, 2.45) is 5.92 Å². The van der Waals surface area contributed by atoms with Crippen LogP contribution >= 0.6 is 11.6 Å². The van der Waals surface area contributed by atoms with Gasteiger partial charge in [-0.25, -0.2) is 0 Å². The predicted molar refractivity (Wildman–Crippen MR) is 143 cm³/mol. The number of ether oxygens (including phenoxy) is 4. The van der Waals surface area contributed by atoms with Crippen LogP contribution in [0.2, 0.25) is 5.02 Å². The van der Waals surface area contributed by atoms with E-state index >= 15 is 0 Å². The van der Waals surface area contributed by atoms with Gasteiger partial charge in [-0.05, 0) is 53.9 Å². The number of carbonyl (C=O) groups is 2. The van der Waals surface area contributed by atoms with Crippen LogP contribution in [0.1, 0.15) is 43.4 Å². The molecule has 1 aliphatic heterocycles. The average molecular weight is 534 g/mol. The minimum Gasteiger partial charge on any atom is -0.490 e. The molecule has 1 aromatic heterocycles. The van der Waals surface area contributed by atoms with Crippen molar-refractivity contribution < 1.29 is 28.5 Å². The molecule has 0 amide bonds. The zero-order chi connectivity index (χ0) is 26.9. The number of aromatic nitrogens is 1. The maximum atomic E-state index is 13.2. The maximum Gasteiger partial charge on any atom is 0.324 e. The second-order valence-corrected chi connectivity index (χ2v) is 9.98. The Morgan fingerprint density at radius 1 is 0.947 bits per heavy atom. The van der Waals surface area contributed by atoms with Crippen molar-refractivity contribution in [3.05, 3.63) is 94.6 Å². The number of hydrogen-bond donors (Lipinski definition) is 1. The molecule has 0 bridgehead atoms. The van der Waals surface area contributed by atoms with Crippen LogP contribution in [0.15, 0.2) is 72.9 Å². The molecule has 1 fully saturated rings. The lowest BCUT2D eigenvalue weighted by molar-refractivity contribution is -0.240. The topological polar surface area (TPSA) is 86.9 Å². The summed E-state index contributed by atoms with van der Waals surface area (Å²) in [4.78, 5) is 29.7. The van der Waals surface area contributed by atoms with Gasteiger partial charge in [0.05, 0.1) is 6.61 Å². The van der Waals surface area contributed by atoms with E-state index in [0.29, 0.717) is 35.3 Å². The van der Waals surface area contributed by atoms with E-state index in [2.05, 4.69) is 4.98 Å². The number of fused-ring (bicyclic) bond motifs is 1. The number of hydrogen-bond acceptors (Lipinski definition) is 6. The minimum absolute atomic E-state index is 0.294. The Hall–Kier alpha value is -3.97. The highest BCUT2D eigenvalue weighted by atomic mass is 35.5. The molecular formula is C30H28ClNO6. The summed E-state index contributed by atoms with van der Waals surface area (Å²) >= 11 is 6.11. The molecule has 8 heteroatoms. The molecule has 0 unspecified atom stereocenters. The van der Waals surface area contributed by atoms with Gasteiger partial charge in [0.15, 0.2) is 17.4 Å². The molecule has 3 aromatic carbocycles. The van der Waals surface area contributed by atoms with Gasteiger partial charge in [0.25, 0.3) is 5.79 Å². The highest BCUT2D eigenvalue weighted by Gasteiger charge is 2.48. The van der Waals surface area contributed by atoms with Gasteiger partial charge in [-0.1, -0.05) is 48.0 Å². The largest absolute Gasteiger partial charge is 0.490 e. The van der Waals surface area contributed by atoms with E-state index in [1.807, 2.05) is 67.7 Å². The lowest BCUT2D eigenvalue weighted by atomic mass is 9.80. The number of H-pyrrole nitrogens is 1. The lowest BCUT2D eigenvalue weighted by Gasteiger charge is -2.36. The number of halogens is 1. The minimum atomic E-state index is -1.33. The van der Waals surface area contributed by atoms with Crippen LogP contribution in [0.3, 0.4) is 0 Å². The fourth-order valence-electron chi connectivity index (χ4n) is 4.80. The van der Waals surface area contributed by atoms with Crippen LogP contribution in [0, 0.1) is 5.92 Å². The Bertz CT molecular complexity index is 1470. The van der Waals surface area contributed by atoms with Crippen molar-refractivity contribution >= 4 is 34.4 Å². The second kappa shape index (κ2) is 10.4. The summed E-state index contributed by atoms with van der Waals surface area (Å²) in [6.45, 7) is 5.65. The monoisotopic (exact) mass is 533 g/mol. The van der Waals surface area contributed by atoms with Gasteiger partial charge in [-0.3, -0.25) is 9.59 Å². The van der Waals surface area contributed by atoms with Crippen LogP contribution in [0.25, 0.3) is 10.9 Å². The Morgan fingerprint density at radius 3 is 2.45 bits per heavy atom. The Morgan fingerprint density at radius 2 is 1.71 bits per heavy atom. The molecule has 0 aliphatic carbocycles. The van der Waals surface area contributed by atoms with Crippen molar-refractivity contribution in [3.63, 3.8) is 0 Å². The fraction of sp³-hybridized carbons (Fsp3) is 0.267. The van der Waals surface area contributed by atoms with Gasteiger partial charge >= 0.3 is 11.9 Å². The standard InChI is InChI=1S/C30H28ClNO6/c1-4-35-25-15-19(12-13-24(25)36-17-18-8-7-9-20(31)14-18)26(22-16-32-23-11-6-5-10-21(22)23)27-28(33)37-30(2,3)38-29(27)34/h5-16,26-27,32H,4,17H2,1-3H3/t26-/m0/s1. The fourth-order valence-corrected chi connectivity index (χ4v) is 5.01. The van der Waals surface area contributed by atoms with Gasteiger partial charge in [0, 0.05) is 41.9 Å². The number of nitrogens with one attached hydrogen (secondary N) is 1. The number of esters is 2. The first-order valence-electron chi connectivity index (χ1n) is 12.4. The number of carbonyl (C=O) groups excluding carboxylic acids is 2. The third-order valence-electron chi connectivity index (χ3n) is 6.40. The van der Waals surface area contributed by atoms with Crippen LogP contribution in [0.4, 0.5) is 0 Å². The Balaban J connectivity index is 1.56. The summed E-state index contributed by atoms with van der Waals surface area (Å²) in [7, 11) is 0. The highest BCUT2D eigenvalue weighted by molar-refractivity contribution is 6.30. The lowest BCUT2D eigenvalue weighted by Crippen LogP contribution is -2.48. The van der Waals surface area contributed by atoms with E-state index in [-0.39, 0.29) is 0 Å². The van der Waals surface area contributed by atoms with E-state index in [1.165, 1.54) is 0 Å². The van der Waals surface area contributed by atoms with E-state index < -0.39 is 29.6 Å². The van der Waals surface area contributed by atoms with Gasteiger partial charge < -0.3 is 23.9 Å². The molecule has 38 heavy (non-hydrogen) atoms. The predicted octanol–water partition coefficient (Wildman–Crippen LogP) is 6.38. The number of benzene rings is 3. The summed E-state index contributed by atoms with van der Waals surface area (Å²) in [5.41, 5.74) is 3.26. The molecule has 1 atom stereocenters. The van der Waals surface area contributed by atoms with Crippen molar-refractivity contribution in [3.8, 4) is 11.5 Å². The third-order valence-corrected chi connectivity index (χ3v) is 6.64. The molecule has 5 rings (SSSR count). The first kappa shape index (κ1) is 25.7. The molecule has 2 heterocycles. The summed E-state index contributed by atoms with van der Waals surface area (Å²) in [5, 5.41) is 1.52. The number of rotatable bonds is 8. The Kier molecular flexibility index (Phi) is 7.04. The van der Waals surface area contributed by atoms with Gasteiger partial charge in [0.2, 0.25) is 0 Å². The number of cyclic esters (lactones) is 2. The molecule has 4 aromatic rings. The van der Waals surface area contributed by atoms with Crippen molar-refractivity contribution in [1.29, 1.82) is 0 Å². The van der Waals surface area contributed by atoms with E-state index in [4.69, 9.17) is 30.5 Å². The molecule has 1 saturated heterocycles. The molecule has 0 saturated carbocycles. The molecule has 0 radical (unpaired) electrons. The number of aromatic amines is 1. The normalized spacial score (nSPS) is 16.1. The summed E-state index contributed by atoms with van der Waals surface area (Å²) in [6, 6.07) is 20.6. The van der Waals surface area contributed by atoms with Crippen molar-refractivity contribution in [2.45, 2.75) is 39.1 Å². The van der Waals surface area contributed by atoms with Gasteiger partial charge in [-0.15, -0.1) is 0 Å². The Labute approximate surface area is 225 Å². The van der Waals surface area contributed by atoms with E-state index in [9.17, 15) is 9.59 Å². The zero-order valence-electron chi connectivity index (χ0n) is 21.3. The molecule has 7 nitrogen and oxygen atoms in total. The van der Waals surface area contributed by atoms with Crippen LogP contribution < -0.4 is 9.47 Å². The second-order valence-electron chi connectivity index (χ2n) is 9.54. The van der Waals surface area contributed by atoms with E-state index in [1.54, 1.807) is 26.0 Å². The smallest absolute Gasteiger partial charge is 0.324 e. The first-order chi connectivity index (χ1) is 18.3. The highest BCUT2D eigenvalue weighted by Crippen LogP contribution is 2.43. The van der Waals surface area contributed by atoms with E-state index in [0.717, 1.165) is 22.0 Å². The van der Waals surface area contributed by atoms with Crippen LogP contribution in [-0.4, -0.2) is 29.3 Å². The quantitative estimate of drug-likeness (QED) is 0.209. The number of para-hydroxylation sites is 1. The first-order valence-corrected chi connectivity index (χ1v) is 12.8. The van der Waals surface area contributed by atoms with Gasteiger partial charge in [-0.2, -0.15) is 0 Å². The molecule has 1 aliphatic rings. The average Bonchev–Trinajstić information content (AvgIpc) is 3.29. The summed E-state index contributed by atoms with van der Waals surface area (Å²) in [5.74, 6) is -3.47. The molecule has 0 spiro atoms. The molecule has 1 N–H and O–H groups in total. The molecular weight excluding hydrogens is 506 g/mol. The zero-order valence-corrected chi connectivity index (χ0v) is 22.1. The maximum absolute atomic E-state index is 13.2. The van der Waals surface area contributed by atoms with Crippen LogP contribution in [0.5, 0.6) is 11.5 Å². The van der Waals surface area contributed by atoms with Gasteiger partial charge in [0.1, 0.15) is 6.61 Å². The SMILES string of the molecule is CCOc1cc([C@@H](c2c[nH]c3ccccc23)C2C(=O)OC(C)(C)OC2=O)ccc1OCc1cccc(Cl)c1. The summed E-state index contributed by atoms with van der Waals surface area (Å²) in [6.07, 6.45) is 1.82.